The third-order valence-corrected chi connectivity index (χ3v) is 8.56. The van der Waals surface area contributed by atoms with E-state index in [2.05, 4.69) is 11.1 Å². The first-order chi connectivity index (χ1) is 14.9. The second-order valence-electron chi connectivity index (χ2n) is 8.24. The fraction of sp³-hybridized carbons (Fsp3) is 0.292. The lowest BCUT2D eigenvalue weighted by atomic mass is 9.90. The number of rotatable bonds is 3. The molecule has 160 valence electrons. The lowest BCUT2D eigenvalue weighted by Crippen LogP contribution is -2.46. The van der Waals surface area contributed by atoms with Crippen molar-refractivity contribution >= 4 is 26.7 Å². The molecule has 0 amide bonds. The van der Waals surface area contributed by atoms with Crippen LogP contribution in [0.25, 0.3) is 10.9 Å². The van der Waals surface area contributed by atoms with E-state index >= 15 is 0 Å². The minimum Gasteiger partial charge on any atom is -0.466 e. The molecule has 2 aliphatic rings. The van der Waals surface area contributed by atoms with E-state index in [9.17, 15) is 13.2 Å². The Morgan fingerprint density at radius 2 is 1.87 bits per heavy atom. The van der Waals surface area contributed by atoms with Gasteiger partial charge in [-0.05, 0) is 37.1 Å². The van der Waals surface area contributed by atoms with Crippen molar-refractivity contribution in [1.29, 1.82) is 0 Å². The average molecular weight is 437 g/mol. The van der Waals surface area contributed by atoms with Crippen molar-refractivity contribution in [1.82, 2.24) is 9.88 Å². The van der Waals surface area contributed by atoms with Gasteiger partial charge in [0.05, 0.1) is 28.9 Å². The predicted octanol–water partition coefficient (Wildman–Crippen LogP) is 3.68. The molecule has 0 unspecified atom stereocenters. The number of aromatic amines is 1. The van der Waals surface area contributed by atoms with Gasteiger partial charge in [-0.2, -0.15) is 0 Å². The van der Waals surface area contributed by atoms with E-state index in [1.807, 2.05) is 30.0 Å². The predicted molar refractivity (Wildman–Crippen MR) is 118 cm³/mol. The summed E-state index contributed by atoms with van der Waals surface area (Å²) in [5, 5.41) is 0.327. The number of esters is 1. The van der Waals surface area contributed by atoms with Gasteiger partial charge in [-0.1, -0.05) is 35.9 Å². The molecule has 6 nitrogen and oxygen atoms in total. The minimum atomic E-state index is -3.71. The van der Waals surface area contributed by atoms with Gasteiger partial charge in [0.15, 0.2) is 9.84 Å². The zero-order chi connectivity index (χ0) is 21.8. The molecule has 7 heteroatoms. The Labute approximate surface area is 181 Å². The smallest absolute Gasteiger partial charge is 0.335 e. The quantitative estimate of drug-likeness (QED) is 0.634. The van der Waals surface area contributed by atoms with Gasteiger partial charge in [0.1, 0.15) is 0 Å². The Kier molecular flexibility index (Phi) is 4.66. The number of fused-ring (bicyclic) bond motifs is 5. The monoisotopic (exact) mass is 436 g/mol. The summed E-state index contributed by atoms with van der Waals surface area (Å²) in [5.41, 5.74) is 4.47. The van der Waals surface area contributed by atoms with E-state index in [4.69, 9.17) is 4.74 Å². The van der Waals surface area contributed by atoms with Crippen molar-refractivity contribution in [2.24, 2.45) is 0 Å². The largest absolute Gasteiger partial charge is 0.466 e. The highest BCUT2D eigenvalue weighted by molar-refractivity contribution is 7.92. The molecule has 1 N–H and O–H groups in total. The van der Waals surface area contributed by atoms with E-state index in [0.29, 0.717) is 12.1 Å². The van der Waals surface area contributed by atoms with E-state index in [0.717, 1.165) is 34.1 Å². The van der Waals surface area contributed by atoms with Crippen LogP contribution in [0.1, 0.15) is 29.3 Å². The average Bonchev–Trinajstić information content (AvgIpc) is 3.17. The number of nitrogens with zero attached hydrogens (tertiary/aromatic N) is 1. The van der Waals surface area contributed by atoms with Crippen molar-refractivity contribution in [3.63, 3.8) is 0 Å². The Hall–Kier alpha value is -3.06. The summed E-state index contributed by atoms with van der Waals surface area (Å²) in [5.74, 6) is -0.481. The van der Waals surface area contributed by atoms with Crippen molar-refractivity contribution in [3.8, 4) is 0 Å². The van der Waals surface area contributed by atoms with Crippen LogP contribution in [-0.2, 0) is 25.8 Å². The summed E-state index contributed by atoms with van der Waals surface area (Å²) in [4.78, 5) is 18.1. The zero-order valence-electron chi connectivity index (χ0n) is 17.5. The first-order valence-corrected chi connectivity index (χ1v) is 11.9. The second kappa shape index (κ2) is 7.27. The number of ether oxygens (including phenoxy) is 1. The van der Waals surface area contributed by atoms with Gasteiger partial charge in [0.2, 0.25) is 0 Å². The highest BCUT2D eigenvalue weighted by Crippen LogP contribution is 2.44. The van der Waals surface area contributed by atoms with Crippen molar-refractivity contribution in [2.45, 2.75) is 36.0 Å². The maximum absolute atomic E-state index is 13.8. The van der Waals surface area contributed by atoms with E-state index in [1.54, 1.807) is 30.5 Å². The topological polar surface area (TPSA) is 79.5 Å². The fourth-order valence-corrected chi connectivity index (χ4v) is 6.76. The molecule has 0 fully saturated rings. The number of methoxy groups -OCH3 is 1. The molecule has 2 aliphatic heterocycles. The van der Waals surface area contributed by atoms with Crippen LogP contribution in [0.5, 0.6) is 0 Å². The van der Waals surface area contributed by atoms with Crippen LogP contribution in [0.3, 0.4) is 0 Å². The molecule has 31 heavy (non-hydrogen) atoms. The lowest BCUT2D eigenvalue weighted by Gasteiger charge is -2.43. The van der Waals surface area contributed by atoms with Gasteiger partial charge in [0, 0.05) is 35.8 Å². The minimum absolute atomic E-state index is 0.110. The van der Waals surface area contributed by atoms with Crippen LogP contribution in [0.15, 0.2) is 65.2 Å². The number of carbonyl (C=O) groups excluding carboxylic acids is 1. The van der Waals surface area contributed by atoms with Crippen LogP contribution < -0.4 is 0 Å². The van der Waals surface area contributed by atoms with Crippen LogP contribution in [-0.4, -0.2) is 43.2 Å². The summed E-state index contributed by atoms with van der Waals surface area (Å²) in [6.45, 7) is 2.56. The third-order valence-electron chi connectivity index (χ3n) is 6.41. The second-order valence-corrected chi connectivity index (χ2v) is 10.4. The maximum atomic E-state index is 13.8. The van der Waals surface area contributed by atoms with Crippen LogP contribution in [0, 0.1) is 6.92 Å². The van der Waals surface area contributed by atoms with Gasteiger partial charge in [-0.15, -0.1) is 0 Å². The number of carbonyl (C=O) groups is 1. The van der Waals surface area contributed by atoms with E-state index in [-0.39, 0.29) is 11.3 Å². The Morgan fingerprint density at radius 1 is 1.13 bits per heavy atom. The molecule has 0 saturated carbocycles. The van der Waals surface area contributed by atoms with Gasteiger partial charge in [-0.25, -0.2) is 13.2 Å². The zero-order valence-corrected chi connectivity index (χ0v) is 18.3. The van der Waals surface area contributed by atoms with Crippen LogP contribution in [0.4, 0.5) is 0 Å². The fourth-order valence-electron chi connectivity index (χ4n) is 4.86. The van der Waals surface area contributed by atoms with Crippen molar-refractivity contribution in [2.75, 3.05) is 13.7 Å². The molecule has 2 aromatic carbocycles. The number of H-pyrrole nitrogens is 1. The van der Waals surface area contributed by atoms with Crippen LogP contribution in [0.2, 0.25) is 0 Å². The first kappa shape index (κ1) is 19.9. The van der Waals surface area contributed by atoms with Gasteiger partial charge < -0.3 is 14.6 Å². The molecule has 0 radical (unpaired) electrons. The standard InChI is InChI=1S/C24H24N2O4S/c1-15-7-9-17(10-8-15)31(28,29)21-13-16(24(27)30-2)14-26-12-11-19-18-5-3-4-6-20(18)25-22(19)23(21)26/h3-10,14,21,23,25H,11-13H2,1-2H3/t21-,23-/m1/s1. The molecule has 2 atom stereocenters. The number of hydrogen-bond donors (Lipinski definition) is 1. The molecule has 3 heterocycles. The third kappa shape index (κ3) is 3.15. The van der Waals surface area contributed by atoms with Gasteiger partial charge in [0.25, 0.3) is 0 Å². The number of para-hydroxylation sites is 1. The first-order valence-electron chi connectivity index (χ1n) is 10.3. The number of aromatic nitrogens is 1. The molecule has 0 bridgehead atoms. The van der Waals surface area contributed by atoms with Crippen LogP contribution >= 0.6 is 0 Å². The van der Waals surface area contributed by atoms with Gasteiger partial charge >= 0.3 is 5.97 Å². The molecular weight excluding hydrogens is 412 g/mol. The van der Waals surface area contributed by atoms with Crippen molar-refractivity contribution < 1.29 is 17.9 Å². The summed E-state index contributed by atoms with van der Waals surface area (Å²) in [7, 11) is -2.39. The molecular formula is C24H24N2O4S. The molecule has 3 aromatic rings. The Morgan fingerprint density at radius 3 is 2.61 bits per heavy atom. The molecule has 0 saturated heterocycles. The molecule has 1 aromatic heterocycles. The van der Waals surface area contributed by atoms with Gasteiger partial charge in [-0.3, -0.25) is 0 Å². The number of nitrogens with one attached hydrogen (secondary N) is 1. The highest BCUT2D eigenvalue weighted by Gasteiger charge is 2.46. The maximum Gasteiger partial charge on any atom is 0.335 e. The summed E-state index contributed by atoms with van der Waals surface area (Å²) >= 11 is 0. The number of aryl methyl sites for hydroxylation is 1. The summed E-state index contributed by atoms with van der Waals surface area (Å²) in [6.07, 6.45) is 2.67. The SMILES string of the molecule is COC(=O)C1=CN2CCc3c([nH]c4ccccc34)[C@H]2[C@H](S(=O)(=O)c2ccc(C)cc2)C1. The van der Waals surface area contributed by atoms with Crippen molar-refractivity contribution in [3.05, 3.63) is 77.1 Å². The van der Waals surface area contributed by atoms with E-state index < -0.39 is 27.1 Å². The number of sulfone groups is 1. The molecule has 0 aliphatic carbocycles. The highest BCUT2D eigenvalue weighted by atomic mass is 32.2. The summed E-state index contributed by atoms with van der Waals surface area (Å²) < 4.78 is 32.6. The van der Waals surface area contributed by atoms with E-state index in [1.165, 1.54) is 7.11 Å². The Bertz CT molecular complexity index is 1310. The number of hydrogen-bond acceptors (Lipinski definition) is 5. The lowest BCUT2D eigenvalue weighted by molar-refractivity contribution is -0.136. The normalized spacial score (nSPS) is 20.7. The molecule has 5 rings (SSSR count). The summed E-state index contributed by atoms with van der Waals surface area (Å²) in [6, 6.07) is 14.6. The molecule has 0 spiro atoms. The Balaban J connectivity index is 1.69. The number of benzene rings is 2.